The Hall–Kier alpha value is -0.0200. The molecule has 1 aromatic heterocycles. The summed E-state index contributed by atoms with van der Waals surface area (Å²) in [4.78, 5) is 4.48. The summed E-state index contributed by atoms with van der Waals surface area (Å²) in [5.41, 5.74) is 0.824. The first-order valence-corrected chi connectivity index (χ1v) is 11.2. The monoisotopic (exact) mass is 596 g/mol. The van der Waals surface area contributed by atoms with E-state index in [-0.39, 0.29) is 78.3 Å². The lowest BCUT2D eigenvalue weighted by Crippen LogP contribution is -1.96. The van der Waals surface area contributed by atoms with E-state index in [0.29, 0.717) is 0 Å². The van der Waals surface area contributed by atoms with Crippen LogP contribution in [0.3, 0.4) is 0 Å². The van der Waals surface area contributed by atoms with E-state index in [0.717, 1.165) is 0 Å². The molecule has 3 rings (SSSR count). The average molecular weight is 601 g/mol. The molecule has 0 saturated carbocycles. The Bertz CT molecular complexity index is 1120. The fourth-order valence-corrected chi connectivity index (χ4v) is 5.17. The van der Waals surface area contributed by atoms with Crippen molar-refractivity contribution in [2.45, 2.75) is 0 Å². The second-order valence-electron chi connectivity index (χ2n) is 5.63. The molecule has 0 amide bonds. The highest BCUT2D eigenvalue weighted by atomic mass is 35.5. The van der Waals surface area contributed by atoms with Crippen LogP contribution in [-0.4, -0.2) is 4.98 Å². The molecule has 154 valence electrons. The number of nitriles is 1. The number of nitrogens with zero attached hydrogens (tertiary/aromatic N) is 2. The van der Waals surface area contributed by atoms with Crippen LogP contribution in [0.2, 0.25) is 50.2 Å². The number of hydrogen-bond acceptors (Lipinski definition) is 2. The lowest BCUT2D eigenvalue weighted by atomic mass is 10.0. The molecule has 0 saturated heterocycles. The SMILES string of the molecule is N#Cc1cc(-c2c(Cl)c(Cl)c(Cl)c(Cl)c2Cl)nc(-c2c(Cl)c(Cl)c(Cl)c(Cl)c2Cl)c1. The summed E-state index contributed by atoms with van der Waals surface area (Å²) < 4.78 is 0. The normalized spacial score (nSPS) is 11.0. The Labute approximate surface area is 221 Å². The topological polar surface area (TPSA) is 36.7 Å². The molecule has 3 aromatic rings. The van der Waals surface area contributed by atoms with E-state index in [1.807, 2.05) is 6.07 Å². The van der Waals surface area contributed by atoms with Crippen molar-refractivity contribution in [2.24, 2.45) is 0 Å². The maximum absolute atomic E-state index is 9.51. The van der Waals surface area contributed by atoms with E-state index in [1.54, 1.807) is 0 Å². The van der Waals surface area contributed by atoms with E-state index in [2.05, 4.69) is 4.98 Å². The maximum atomic E-state index is 9.51. The standard InChI is InChI=1S/C18H2Cl10N2/c19-9-7(10(20)14(24)17(27)13(9)23)5-1-4(3-29)2-6(30-5)8-11(21)15(25)18(28)16(26)12(8)22/h1-2H. The summed E-state index contributed by atoms with van der Waals surface area (Å²) >= 11 is 62.1. The Morgan fingerprint density at radius 3 is 1.03 bits per heavy atom. The van der Waals surface area contributed by atoms with Gasteiger partial charge in [0.1, 0.15) is 0 Å². The molecule has 12 heteroatoms. The summed E-state index contributed by atoms with van der Waals surface area (Å²) in [5, 5.41) is 9.35. The highest BCUT2D eigenvalue weighted by Crippen LogP contribution is 2.50. The van der Waals surface area contributed by atoms with Crippen molar-refractivity contribution in [1.82, 2.24) is 4.98 Å². The van der Waals surface area contributed by atoms with Crippen molar-refractivity contribution >= 4 is 116 Å². The quantitative estimate of drug-likeness (QED) is 0.217. The fraction of sp³-hybridized carbons (Fsp3) is 0. The van der Waals surface area contributed by atoms with Gasteiger partial charge in [-0.3, -0.25) is 0 Å². The minimum Gasteiger partial charge on any atom is -0.247 e. The van der Waals surface area contributed by atoms with Crippen molar-refractivity contribution in [1.29, 1.82) is 5.26 Å². The van der Waals surface area contributed by atoms with Crippen LogP contribution in [0.15, 0.2) is 12.1 Å². The van der Waals surface area contributed by atoms with Crippen molar-refractivity contribution < 1.29 is 0 Å². The van der Waals surface area contributed by atoms with Crippen LogP contribution in [0.1, 0.15) is 5.56 Å². The van der Waals surface area contributed by atoms with Gasteiger partial charge < -0.3 is 0 Å². The molecule has 30 heavy (non-hydrogen) atoms. The van der Waals surface area contributed by atoms with Crippen molar-refractivity contribution in [3.63, 3.8) is 0 Å². The molecule has 0 spiro atoms. The van der Waals surface area contributed by atoms with Crippen LogP contribution in [-0.2, 0) is 0 Å². The Balaban J connectivity index is 2.42. The smallest absolute Gasteiger partial charge is 0.0993 e. The lowest BCUT2D eigenvalue weighted by Gasteiger charge is -2.15. The van der Waals surface area contributed by atoms with Crippen LogP contribution >= 0.6 is 116 Å². The maximum Gasteiger partial charge on any atom is 0.0993 e. The second kappa shape index (κ2) is 9.46. The molecule has 0 aliphatic carbocycles. The van der Waals surface area contributed by atoms with Gasteiger partial charge in [-0.15, -0.1) is 0 Å². The number of aromatic nitrogens is 1. The van der Waals surface area contributed by atoms with Gasteiger partial charge in [0.2, 0.25) is 0 Å². The molecule has 0 unspecified atom stereocenters. The molecule has 0 N–H and O–H groups in total. The molecule has 1 heterocycles. The van der Waals surface area contributed by atoms with Gasteiger partial charge in [-0.05, 0) is 12.1 Å². The van der Waals surface area contributed by atoms with Gasteiger partial charge >= 0.3 is 0 Å². The van der Waals surface area contributed by atoms with E-state index >= 15 is 0 Å². The largest absolute Gasteiger partial charge is 0.247 e. The van der Waals surface area contributed by atoms with Crippen LogP contribution in [0.5, 0.6) is 0 Å². The van der Waals surface area contributed by atoms with E-state index in [4.69, 9.17) is 116 Å². The van der Waals surface area contributed by atoms with Gasteiger partial charge in [0, 0.05) is 11.1 Å². The lowest BCUT2D eigenvalue weighted by molar-refractivity contribution is 1.31. The van der Waals surface area contributed by atoms with Gasteiger partial charge in [-0.1, -0.05) is 116 Å². The Morgan fingerprint density at radius 1 is 0.500 bits per heavy atom. The predicted octanol–water partition coefficient (Wildman–Crippen LogP) is 10.8. The molecule has 0 radical (unpaired) electrons. The summed E-state index contributed by atoms with van der Waals surface area (Å²) in [6.45, 7) is 0. The first kappa shape index (κ1) is 24.6. The summed E-state index contributed by atoms with van der Waals surface area (Å²) in [6.07, 6.45) is 0. The second-order valence-corrected chi connectivity index (χ2v) is 9.41. The number of rotatable bonds is 2. The molecule has 0 bridgehead atoms. The summed E-state index contributed by atoms with van der Waals surface area (Å²) in [6, 6.07) is 4.87. The fourth-order valence-electron chi connectivity index (χ4n) is 2.51. The van der Waals surface area contributed by atoms with Gasteiger partial charge in [0.15, 0.2) is 0 Å². The Kier molecular flexibility index (Phi) is 7.76. The van der Waals surface area contributed by atoms with Crippen LogP contribution < -0.4 is 0 Å². The van der Waals surface area contributed by atoms with Gasteiger partial charge in [-0.2, -0.15) is 5.26 Å². The highest BCUT2D eigenvalue weighted by Gasteiger charge is 2.25. The minimum absolute atomic E-state index is 0.00558. The Morgan fingerprint density at radius 2 is 0.767 bits per heavy atom. The van der Waals surface area contributed by atoms with Crippen molar-refractivity contribution in [2.75, 3.05) is 0 Å². The zero-order valence-corrected chi connectivity index (χ0v) is 21.4. The average Bonchev–Trinajstić information content (AvgIpc) is 2.73. The number of pyridine rings is 1. The van der Waals surface area contributed by atoms with Gasteiger partial charge in [0.25, 0.3) is 0 Å². The summed E-state index contributed by atoms with van der Waals surface area (Å²) in [5.74, 6) is 0. The third kappa shape index (κ3) is 4.16. The number of benzene rings is 2. The van der Waals surface area contributed by atoms with Crippen molar-refractivity contribution in [3.05, 3.63) is 67.9 Å². The van der Waals surface area contributed by atoms with Crippen LogP contribution in [0.4, 0.5) is 0 Å². The highest BCUT2D eigenvalue weighted by molar-refractivity contribution is 6.57. The predicted molar refractivity (Wildman–Crippen MR) is 130 cm³/mol. The van der Waals surface area contributed by atoms with E-state index < -0.39 is 0 Å². The van der Waals surface area contributed by atoms with E-state index in [1.165, 1.54) is 12.1 Å². The zero-order valence-electron chi connectivity index (χ0n) is 13.8. The molecule has 0 aliphatic rings. The number of hydrogen-bond donors (Lipinski definition) is 0. The van der Waals surface area contributed by atoms with Crippen LogP contribution in [0, 0.1) is 11.3 Å². The first-order chi connectivity index (χ1) is 14.0. The van der Waals surface area contributed by atoms with Gasteiger partial charge in [-0.25, -0.2) is 4.98 Å². The number of halogens is 10. The molecular weight excluding hydrogens is 599 g/mol. The molecular formula is C18H2Cl10N2. The zero-order chi connectivity index (χ0) is 22.5. The van der Waals surface area contributed by atoms with E-state index in [9.17, 15) is 5.26 Å². The molecule has 0 aliphatic heterocycles. The summed E-state index contributed by atoms with van der Waals surface area (Å²) in [7, 11) is 0. The first-order valence-electron chi connectivity index (χ1n) is 7.47. The third-order valence-corrected chi connectivity index (χ3v) is 8.44. The molecule has 2 aromatic carbocycles. The molecule has 0 atom stereocenters. The van der Waals surface area contributed by atoms with Crippen LogP contribution in [0.25, 0.3) is 22.5 Å². The van der Waals surface area contributed by atoms with Crippen molar-refractivity contribution in [3.8, 4) is 28.6 Å². The molecule has 0 fully saturated rings. The third-order valence-electron chi connectivity index (χ3n) is 3.89. The van der Waals surface area contributed by atoms with Gasteiger partial charge in [0.05, 0.1) is 73.2 Å². The molecule has 2 nitrogen and oxygen atoms in total. The minimum atomic E-state index is -0.0258.